The van der Waals surface area contributed by atoms with Gasteiger partial charge < -0.3 is 5.73 Å². The summed E-state index contributed by atoms with van der Waals surface area (Å²) < 4.78 is 45.9. The Morgan fingerprint density at radius 2 is 1.86 bits per heavy atom. The van der Waals surface area contributed by atoms with E-state index in [1.165, 1.54) is 17.2 Å². The van der Waals surface area contributed by atoms with Crippen LogP contribution < -0.4 is 5.73 Å². The van der Waals surface area contributed by atoms with Gasteiger partial charge in [0.05, 0.1) is 11.7 Å². The Labute approximate surface area is 210 Å². The van der Waals surface area contributed by atoms with Gasteiger partial charge in [0.25, 0.3) is 0 Å². The van der Waals surface area contributed by atoms with Crippen LogP contribution in [0.1, 0.15) is 23.6 Å². The normalized spacial score (nSPS) is 17.7. The minimum Gasteiger partial charge on any atom is -0.326 e. The van der Waals surface area contributed by atoms with Crippen LogP contribution in [0.2, 0.25) is 0 Å². The first kappa shape index (κ1) is 23.6. The van der Waals surface area contributed by atoms with Gasteiger partial charge in [0.1, 0.15) is 11.7 Å². The predicted molar refractivity (Wildman–Crippen MR) is 134 cm³/mol. The van der Waals surface area contributed by atoms with Crippen molar-refractivity contribution in [3.8, 4) is 22.6 Å². The summed E-state index contributed by atoms with van der Waals surface area (Å²) in [7, 11) is 1.86. The molecule has 0 saturated carbocycles. The average molecular weight is 507 g/mol. The highest BCUT2D eigenvalue weighted by Gasteiger charge is 2.46. The molecule has 0 radical (unpaired) electrons. The SMILES string of the molecule is Cc1c(-c2cnn(C)c2)ccc2ccc(-c3nnc4ccc([C@@H](N5CCC(N)C5)C(F)(F)F)cn34)nc12. The number of benzene rings is 1. The minimum absolute atomic E-state index is 0.117. The third kappa shape index (κ3) is 4.13. The van der Waals surface area contributed by atoms with E-state index in [0.717, 1.165) is 27.6 Å². The molecule has 1 saturated heterocycles. The second-order valence-corrected chi connectivity index (χ2v) is 9.61. The highest BCUT2D eigenvalue weighted by atomic mass is 19.4. The molecule has 6 rings (SSSR count). The van der Waals surface area contributed by atoms with Gasteiger partial charge in [-0.15, -0.1) is 10.2 Å². The van der Waals surface area contributed by atoms with Gasteiger partial charge in [-0.1, -0.05) is 24.3 Å². The number of likely N-dealkylation sites (tertiary alicyclic amines) is 1. The Kier molecular flexibility index (Phi) is 5.50. The summed E-state index contributed by atoms with van der Waals surface area (Å²) >= 11 is 0. The Morgan fingerprint density at radius 1 is 1.05 bits per heavy atom. The fourth-order valence-corrected chi connectivity index (χ4v) is 5.23. The minimum atomic E-state index is -4.45. The number of hydrogen-bond donors (Lipinski definition) is 1. The van der Waals surface area contributed by atoms with E-state index >= 15 is 0 Å². The van der Waals surface area contributed by atoms with E-state index in [-0.39, 0.29) is 18.2 Å². The summed E-state index contributed by atoms with van der Waals surface area (Å²) in [6.07, 6.45) is 1.30. The fourth-order valence-electron chi connectivity index (χ4n) is 5.23. The van der Waals surface area contributed by atoms with Crippen molar-refractivity contribution < 1.29 is 13.2 Å². The van der Waals surface area contributed by atoms with Crippen LogP contribution in [0.5, 0.6) is 0 Å². The summed E-state index contributed by atoms with van der Waals surface area (Å²) in [4.78, 5) is 6.27. The summed E-state index contributed by atoms with van der Waals surface area (Å²) in [6, 6.07) is 8.80. The van der Waals surface area contributed by atoms with Crippen molar-refractivity contribution in [1.29, 1.82) is 0 Å². The number of aromatic nitrogens is 6. The summed E-state index contributed by atoms with van der Waals surface area (Å²) in [5, 5.41) is 13.7. The predicted octanol–water partition coefficient (Wildman–Crippen LogP) is 4.29. The zero-order valence-corrected chi connectivity index (χ0v) is 20.3. The van der Waals surface area contributed by atoms with E-state index in [9.17, 15) is 13.2 Å². The molecule has 0 spiro atoms. The number of nitrogens with zero attached hydrogens (tertiary/aromatic N) is 7. The monoisotopic (exact) mass is 506 g/mol. The van der Waals surface area contributed by atoms with Crippen LogP contribution in [-0.2, 0) is 7.05 Å². The largest absolute Gasteiger partial charge is 0.408 e. The number of hydrogen-bond acceptors (Lipinski definition) is 6. The van der Waals surface area contributed by atoms with Crippen molar-refractivity contribution in [3.05, 3.63) is 66.1 Å². The van der Waals surface area contributed by atoms with E-state index in [2.05, 4.69) is 15.3 Å². The second kappa shape index (κ2) is 8.63. The van der Waals surface area contributed by atoms with Crippen molar-refractivity contribution in [2.24, 2.45) is 12.8 Å². The number of rotatable bonds is 4. The van der Waals surface area contributed by atoms with Crippen LogP contribution in [-0.4, -0.2) is 59.6 Å². The van der Waals surface area contributed by atoms with Gasteiger partial charge in [-0.25, -0.2) is 4.98 Å². The molecule has 1 unspecified atom stereocenters. The van der Waals surface area contributed by atoms with Gasteiger partial charge in [-0.05, 0) is 42.2 Å². The van der Waals surface area contributed by atoms with Crippen LogP contribution in [0.15, 0.2) is 55.0 Å². The van der Waals surface area contributed by atoms with Gasteiger partial charge >= 0.3 is 6.18 Å². The molecule has 11 heteroatoms. The smallest absolute Gasteiger partial charge is 0.326 e. The average Bonchev–Trinajstić information content (AvgIpc) is 3.58. The molecule has 1 fully saturated rings. The molecular weight excluding hydrogens is 481 g/mol. The molecule has 5 heterocycles. The molecule has 1 aliphatic rings. The quantitative estimate of drug-likeness (QED) is 0.391. The molecule has 190 valence electrons. The highest BCUT2D eigenvalue weighted by molar-refractivity contribution is 5.89. The third-order valence-corrected chi connectivity index (χ3v) is 7.03. The summed E-state index contributed by atoms with van der Waals surface area (Å²) in [5.74, 6) is 0.379. The molecule has 1 aliphatic heterocycles. The first-order chi connectivity index (χ1) is 17.7. The lowest BCUT2D eigenvalue weighted by Crippen LogP contribution is -2.38. The van der Waals surface area contributed by atoms with E-state index in [1.807, 2.05) is 44.4 Å². The van der Waals surface area contributed by atoms with Gasteiger partial charge in [0.15, 0.2) is 11.5 Å². The van der Waals surface area contributed by atoms with Crippen molar-refractivity contribution in [1.82, 2.24) is 34.3 Å². The molecule has 1 aromatic carbocycles. The Morgan fingerprint density at radius 3 is 2.57 bits per heavy atom. The van der Waals surface area contributed by atoms with Crippen molar-refractivity contribution in [3.63, 3.8) is 0 Å². The zero-order valence-electron chi connectivity index (χ0n) is 20.3. The number of pyridine rings is 2. The standard InChI is InChI=1S/C26H25F3N8/c1-15-20(18-11-31-35(2)12-18)6-3-16-4-7-21(32-23(15)16)25-34-33-22-8-5-17(13-37(22)25)24(26(27,28)29)36-10-9-19(30)14-36/h3-8,11-13,19,24H,9-10,14,30H2,1-2H3/t19?,24-/m1/s1. The van der Waals surface area contributed by atoms with Crippen molar-refractivity contribution in [2.75, 3.05) is 13.1 Å². The molecule has 0 aliphatic carbocycles. The van der Waals surface area contributed by atoms with Crippen LogP contribution >= 0.6 is 0 Å². The van der Waals surface area contributed by atoms with E-state index in [4.69, 9.17) is 10.7 Å². The lowest BCUT2D eigenvalue weighted by atomic mass is 10.00. The molecule has 0 bridgehead atoms. The Balaban J connectivity index is 1.45. The van der Waals surface area contributed by atoms with Crippen LogP contribution in [0.25, 0.3) is 39.2 Å². The molecule has 8 nitrogen and oxygen atoms in total. The van der Waals surface area contributed by atoms with Gasteiger partial charge in [0, 0.05) is 49.5 Å². The summed E-state index contributed by atoms with van der Waals surface area (Å²) in [5.41, 5.74) is 10.8. The van der Waals surface area contributed by atoms with Crippen LogP contribution in [0.4, 0.5) is 13.2 Å². The van der Waals surface area contributed by atoms with Gasteiger partial charge in [-0.2, -0.15) is 18.3 Å². The first-order valence-electron chi connectivity index (χ1n) is 12.0. The number of nitrogens with two attached hydrogens (primary N) is 1. The number of halogens is 3. The number of aryl methyl sites for hydroxylation is 2. The number of fused-ring (bicyclic) bond motifs is 2. The molecule has 0 amide bonds. The Hall–Kier alpha value is -3.83. The molecule has 4 aromatic heterocycles. The van der Waals surface area contributed by atoms with Crippen molar-refractivity contribution >= 4 is 16.6 Å². The number of alkyl halides is 3. The lowest BCUT2D eigenvalue weighted by molar-refractivity contribution is -0.183. The maximum atomic E-state index is 14.2. The van der Waals surface area contributed by atoms with Gasteiger partial charge in [-0.3, -0.25) is 14.0 Å². The molecular formula is C26H25F3N8. The second-order valence-electron chi connectivity index (χ2n) is 9.61. The first-order valence-corrected chi connectivity index (χ1v) is 12.0. The molecule has 2 N–H and O–H groups in total. The van der Waals surface area contributed by atoms with E-state index in [1.54, 1.807) is 21.3 Å². The van der Waals surface area contributed by atoms with E-state index in [0.29, 0.717) is 30.1 Å². The molecule has 2 atom stereocenters. The van der Waals surface area contributed by atoms with Crippen LogP contribution in [0, 0.1) is 6.92 Å². The van der Waals surface area contributed by atoms with E-state index < -0.39 is 12.2 Å². The molecule has 37 heavy (non-hydrogen) atoms. The van der Waals surface area contributed by atoms with Crippen molar-refractivity contribution in [2.45, 2.75) is 31.6 Å². The maximum Gasteiger partial charge on any atom is 0.408 e. The lowest BCUT2D eigenvalue weighted by Gasteiger charge is -2.30. The van der Waals surface area contributed by atoms with Gasteiger partial charge in [0.2, 0.25) is 0 Å². The fraction of sp³-hybridized carbons (Fsp3) is 0.308. The van der Waals surface area contributed by atoms with Crippen LogP contribution in [0.3, 0.4) is 0 Å². The molecule has 5 aromatic rings. The third-order valence-electron chi connectivity index (χ3n) is 7.03. The topological polar surface area (TPSA) is 90.2 Å². The summed E-state index contributed by atoms with van der Waals surface area (Å²) in [6.45, 7) is 2.49. The Bertz CT molecular complexity index is 1620. The highest BCUT2D eigenvalue weighted by Crippen LogP contribution is 2.39. The maximum absolute atomic E-state index is 14.2. The zero-order chi connectivity index (χ0) is 25.9.